The van der Waals surface area contributed by atoms with Crippen LogP contribution in [0.3, 0.4) is 0 Å². The summed E-state index contributed by atoms with van der Waals surface area (Å²) in [7, 11) is 0. The normalized spacial score (nSPS) is 17.9. The largest absolute Gasteiger partial charge is 0.480 e. The van der Waals surface area contributed by atoms with Gasteiger partial charge in [0.2, 0.25) is 0 Å². The van der Waals surface area contributed by atoms with Gasteiger partial charge in [-0.05, 0) is 19.8 Å². The number of aliphatic carboxylic acids is 1. The maximum Gasteiger partial charge on any atom is 0.325 e. The molecular formula is C12H17N3O2. The summed E-state index contributed by atoms with van der Waals surface area (Å²) in [4.78, 5) is 19.1. The van der Waals surface area contributed by atoms with Crippen LogP contribution in [0.25, 0.3) is 0 Å². The lowest BCUT2D eigenvalue weighted by Crippen LogP contribution is -2.26. The van der Waals surface area contributed by atoms with Crippen molar-refractivity contribution in [3.8, 4) is 0 Å². The first-order valence-corrected chi connectivity index (χ1v) is 5.98. The number of rotatable bonds is 4. The summed E-state index contributed by atoms with van der Waals surface area (Å²) in [6, 6.07) is 1.23. The van der Waals surface area contributed by atoms with Crippen molar-refractivity contribution in [2.24, 2.45) is 0 Å². The number of hydrogen-bond donors (Lipinski definition) is 2. The van der Waals surface area contributed by atoms with Gasteiger partial charge in [-0.25, -0.2) is 9.97 Å². The van der Waals surface area contributed by atoms with E-state index in [1.165, 1.54) is 32.0 Å². The Kier molecular flexibility index (Phi) is 3.56. The predicted octanol–water partition coefficient (Wildman–Crippen LogP) is 2.02. The van der Waals surface area contributed by atoms with Crippen molar-refractivity contribution >= 4 is 11.8 Å². The highest BCUT2D eigenvalue weighted by molar-refractivity contribution is 5.76. The van der Waals surface area contributed by atoms with Gasteiger partial charge >= 0.3 is 5.97 Å². The summed E-state index contributed by atoms with van der Waals surface area (Å²) in [5.74, 6) is 0.224. The summed E-state index contributed by atoms with van der Waals surface area (Å²) in [6.07, 6.45) is 6.35. The van der Waals surface area contributed by atoms with Crippen molar-refractivity contribution in [1.29, 1.82) is 0 Å². The molecule has 0 spiro atoms. The van der Waals surface area contributed by atoms with Crippen molar-refractivity contribution in [1.82, 2.24) is 9.97 Å². The second-order valence-electron chi connectivity index (χ2n) is 4.51. The first-order chi connectivity index (χ1) is 8.16. The quantitative estimate of drug-likeness (QED) is 0.835. The Morgan fingerprint density at radius 1 is 1.47 bits per heavy atom. The Balaban J connectivity index is 2.08. The zero-order valence-electron chi connectivity index (χ0n) is 9.89. The lowest BCUT2D eigenvalue weighted by Gasteiger charge is -2.12. The third kappa shape index (κ3) is 2.93. The Morgan fingerprint density at radius 2 is 2.18 bits per heavy atom. The van der Waals surface area contributed by atoms with Crippen molar-refractivity contribution in [3.63, 3.8) is 0 Å². The van der Waals surface area contributed by atoms with Gasteiger partial charge in [0.05, 0.1) is 0 Å². The van der Waals surface area contributed by atoms with Crippen LogP contribution < -0.4 is 5.32 Å². The number of carboxylic acids is 1. The van der Waals surface area contributed by atoms with Crippen LogP contribution in [0.1, 0.15) is 44.2 Å². The number of anilines is 1. The number of aromatic nitrogens is 2. The SMILES string of the molecule is CC(Nc1cc(C2CCCC2)ncn1)C(=O)O. The van der Waals surface area contributed by atoms with Crippen LogP contribution in [-0.4, -0.2) is 27.1 Å². The molecular weight excluding hydrogens is 218 g/mol. The number of nitrogens with zero attached hydrogens (tertiary/aromatic N) is 2. The monoisotopic (exact) mass is 235 g/mol. The molecule has 5 heteroatoms. The molecule has 17 heavy (non-hydrogen) atoms. The van der Waals surface area contributed by atoms with Crippen molar-refractivity contribution in [2.45, 2.75) is 44.6 Å². The van der Waals surface area contributed by atoms with E-state index >= 15 is 0 Å². The van der Waals surface area contributed by atoms with Crippen LogP contribution in [0.15, 0.2) is 12.4 Å². The van der Waals surface area contributed by atoms with Gasteiger partial charge in [0.15, 0.2) is 0 Å². The average Bonchev–Trinajstić information content (AvgIpc) is 2.82. The minimum absolute atomic E-state index is 0.513. The molecule has 1 heterocycles. The lowest BCUT2D eigenvalue weighted by molar-refractivity contribution is -0.137. The molecule has 0 radical (unpaired) electrons. The van der Waals surface area contributed by atoms with Gasteiger partial charge in [-0.15, -0.1) is 0 Å². The van der Waals surface area contributed by atoms with E-state index in [0.29, 0.717) is 11.7 Å². The van der Waals surface area contributed by atoms with Crippen LogP contribution in [0.5, 0.6) is 0 Å². The summed E-state index contributed by atoms with van der Waals surface area (Å²) in [5.41, 5.74) is 1.03. The zero-order valence-corrected chi connectivity index (χ0v) is 9.89. The molecule has 2 N–H and O–H groups in total. The molecule has 1 aromatic heterocycles. The van der Waals surface area contributed by atoms with E-state index in [0.717, 1.165) is 5.69 Å². The van der Waals surface area contributed by atoms with Crippen LogP contribution in [-0.2, 0) is 4.79 Å². The molecule has 1 aromatic rings. The molecule has 1 aliphatic rings. The molecule has 0 bridgehead atoms. The first-order valence-electron chi connectivity index (χ1n) is 5.98. The highest BCUT2D eigenvalue weighted by Crippen LogP contribution is 2.33. The number of hydrogen-bond acceptors (Lipinski definition) is 4. The van der Waals surface area contributed by atoms with Crippen LogP contribution in [0, 0.1) is 0 Å². The van der Waals surface area contributed by atoms with Crippen LogP contribution >= 0.6 is 0 Å². The summed E-state index contributed by atoms with van der Waals surface area (Å²) in [5, 5.41) is 11.7. The Hall–Kier alpha value is -1.65. The van der Waals surface area contributed by atoms with Crippen LogP contribution in [0.4, 0.5) is 5.82 Å². The van der Waals surface area contributed by atoms with E-state index in [4.69, 9.17) is 5.11 Å². The molecule has 1 saturated carbocycles. The highest BCUT2D eigenvalue weighted by Gasteiger charge is 2.19. The number of carboxylic acid groups (broad SMARTS) is 1. The maximum absolute atomic E-state index is 10.7. The van der Waals surface area contributed by atoms with Gasteiger partial charge in [0, 0.05) is 17.7 Å². The van der Waals surface area contributed by atoms with E-state index in [9.17, 15) is 4.79 Å². The number of nitrogens with one attached hydrogen (secondary N) is 1. The molecule has 0 aromatic carbocycles. The molecule has 1 atom stereocenters. The van der Waals surface area contributed by atoms with Crippen molar-refractivity contribution in [3.05, 3.63) is 18.1 Å². The maximum atomic E-state index is 10.7. The Morgan fingerprint density at radius 3 is 2.82 bits per heavy atom. The van der Waals surface area contributed by atoms with E-state index < -0.39 is 12.0 Å². The standard InChI is InChI=1S/C12H17N3O2/c1-8(12(16)17)15-11-6-10(13-7-14-11)9-4-2-3-5-9/h6-9H,2-5H2,1H3,(H,16,17)(H,13,14,15). The van der Waals surface area contributed by atoms with Crippen molar-refractivity contribution < 1.29 is 9.90 Å². The fraction of sp³-hybridized carbons (Fsp3) is 0.583. The van der Waals surface area contributed by atoms with Gasteiger partial charge in [-0.1, -0.05) is 12.8 Å². The molecule has 1 unspecified atom stereocenters. The van der Waals surface area contributed by atoms with E-state index in [2.05, 4.69) is 15.3 Å². The molecule has 1 aliphatic carbocycles. The third-order valence-corrected chi connectivity index (χ3v) is 3.20. The van der Waals surface area contributed by atoms with E-state index in [-0.39, 0.29) is 0 Å². The summed E-state index contributed by atoms with van der Waals surface area (Å²) in [6.45, 7) is 1.60. The van der Waals surface area contributed by atoms with Gasteiger partial charge < -0.3 is 10.4 Å². The van der Waals surface area contributed by atoms with E-state index in [1.54, 1.807) is 6.92 Å². The lowest BCUT2D eigenvalue weighted by atomic mass is 10.0. The predicted molar refractivity (Wildman–Crippen MR) is 64.0 cm³/mol. The molecule has 0 amide bonds. The fourth-order valence-electron chi connectivity index (χ4n) is 2.18. The average molecular weight is 235 g/mol. The highest BCUT2D eigenvalue weighted by atomic mass is 16.4. The second-order valence-corrected chi connectivity index (χ2v) is 4.51. The molecule has 5 nitrogen and oxygen atoms in total. The van der Waals surface area contributed by atoms with Gasteiger partial charge in [0.1, 0.15) is 18.2 Å². The zero-order chi connectivity index (χ0) is 12.3. The second kappa shape index (κ2) is 5.12. The van der Waals surface area contributed by atoms with E-state index in [1.807, 2.05) is 6.07 Å². The van der Waals surface area contributed by atoms with Gasteiger partial charge in [-0.2, -0.15) is 0 Å². The van der Waals surface area contributed by atoms with Crippen LogP contribution in [0.2, 0.25) is 0 Å². The summed E-state index contributed by atoms with van der Waals surface area (Å²) < 4.78 is 0. The third-order valence-electron chi connectivity index (χ3n) is 3.20. The first kappa shape index (κ1) is 11.8. The van der Waals surface area contributed by atoms with Crippen molar-refractivity contribution in [2.75, 3.05) is 5.32 Å². The van der Waals surface area contributed by atoms with Gasteiger partial charge in [-0.3, -0.25) is 4.79 Å². The fourth-order valence-corrected chi connectivity index (χ4v) is 2.18. The minimum Gasteiger partial charge on any atom is -0.480 e. The smallest absolute Gasteiger partial charge is 0.325 e. The summed E-state index contributed by atoms with van der Waals surface area (Å²) >= 11 is 0. The Labute approximate surface area is 100 Å². The molecule has 2 rings (SSSR count). The van der Waals surface area contributed by atoms with Gasteiger partial charge in [0.25, 0.3) is 0 Å². The molecule has 92 valence electrons. The topological polar surface area (TPSA) is 75.1 Å². The molecule has 1 fully saturated rings. The molecule has 0 saturated heterocycles. The Bertz CT molecular complexity index is 402. The molecule has 0 aliphatic heterocycles. The number of carbonyl (C=O) groups is 1. The minimum atomic E-state index is -0.883.